The van der Waals surface area contributed by atoms with Crippen LogP contribution < -0.4 is 5.32 Å². The van der Waals surface area contributed by atoms with E-state index in [4.69, 9.17) is 4.74 Å². The van der Waals surface area contributed by atoms with Crippen LogP contribution in [0.5, 0.6) is 0 Å². The minimum Gasteiger partial charge on any atom is -0.376 e. The normalized spacial score (nSPS) is 16.1. The highest BCUT2D eigenvalue weighted by molar-refractivity contribution is 4.90. The molecule has 0 heterocycles. The number of likely N-dealkylation sites (N-methyl/N-ethyl adjacent to an activating group) is 1. The van der Waals surface area contributed by atoms with Gasteiger partial charge in [0.05, 0.1) is 6.10 Å². The van der Waals surface area contributed by atoms with Gasteiger partial charge in [0.15, 0.2) is 0 Å². The van der Waals surface area contributed by atoms with Gasteiger partial charge in [-0.2, -0.15) is 0 Å². The van der Waals surface area contributed by atoms with Crippen LogP contribution in [0.15, 0.2) is 12.7 Å². The molecule has 0 aromatic rings. The topological polar surface area (TPSA) is 21.3 Å². The van der Waals surface area contributed by atoms with Crippen LogP contribution in [0.25, 0.3) is 0 Å². The number of nitrogens with one attached hydrogen (secondary N) is 1. The van der Waals surface area contributed by atoms with E-state index in [0.717, 1.165) is 19.6 Å². The van der Waals surface area contributed by atoms with E-state index in [1.54, 1.807) is 0 Å². The molecule has 0 fully saturated rings. The molecule has 0 saturated heterocycles. The summed E-state index contributed by atoms with van der Waals surface area (Å²) in [4.78, 5) is 0. The Morgan fingerprint density at radius 1 is 1.33 bits per heavy atom. The minimum absolute atomic E-state index is 0.159. The van der Waals surface area contributed by atoms with E-state index in [0.29, 0.717) is 6.04 Å². The van der Waals surface area contributed by atoms with Crippen molar-refractivity contribution >= 4 is 0 Å². The highest BCUT2D eigenvalue weighted by Crippen LogP contribution is 2.26. The second-order valence-corrected chi connectivity index (χ2v) is 4.93. The summed E-state index contributed by atoms with van der Waals surface area (Å²) < 4.78 is 5.86. The van der Waals surface area contributed by atoms with Crippen LogP contribution in [0, 0.1) is 5.41 Å². The zero-order valence-electron chi connectivity index (χ0n) is 11.0. The first-order valence-electron chi connectivity index (χ1n) is 5.93. The van der Waals surface area contributed by atoms with Gasteiger partial charge in [-0.05, 0) is 25.3 Å². The SMILES string of the molecule is C=CCC(NCC)C(OCC)C(C)(C)C. The average molecular weight is 213 g/mol. The molecule has 0 aliphatic rings. The van der Waals surface area contributed by atoms with E-state index < -0.39 is 0 Å². The first kappa shape index (κ1) is 14.7. The van der Waals surface area contributed by atoms with E-state index >= 15 is 0 Å². The summed E-state index contributed by atoms with van der Waals surface area (Å²) in [5.74, 6) is 0. The molecule has 2 heteroatoms. The van der Waals surface area contributed by atoms with Crippen LogP contribution in [-0.4, -0.2) is 25.3 Å². The van der Waals surface area contributed by atoms with Gasteiger partial charge in [0.2, 0.25) is 0 Å². The van der Waals surface area contributed by atoms with Gasteiger partial charge >= 0.3 is 0 Å². The lowest BCUT2D eigenvalue weighted by atomic mass is 9.83. The fraction of sp³-hybridized carbons (Fsp3) is 0.846. The Balaban J connectivity index is 4.58. The van der Waals surface area contributed by atoms with Crippen molar-refractivity contribution in [2.24, 2.45) is 5.41 Å². The molecule has 1 N–H and O–H groups in total. The number of ether oxygens (including phenoxy) is 1. The van der Waals surface area contributed by atoms with Gasteiger partial charge in [0.25, 0.3) is 0 Å². The molecule has 15 heavy (non-hydrogen) atoms. The maximum Gasteiger partial charge on any atom is 0.0778 e. The van der Waals surface area contributed by atoms with Gasteiger partial charge < -0.3 is 10.1 Å². The van der Waals surface area contributed by atoms with Crippen molar-refractivity contribution < 1.29 is 4.74 Å². The summed E-state index contributed by atoms with van der Waals surface area (Å²) in [5.41, 5.74) is 0.159. The Morgan fingerprint density at radius 3 is 2.27 bits per heavy atom. The fourth-order valence-electron chi connectivity index (χ4n) is 1.90. The van der Waals surface area contributed by atoms with Crippen molar-refractivity contribution in [1.82, 2.24) is 5.32 Å². The molecule has 2 nitrogen and oxygen atoms in total. The smallest absolute Gasteiger partial charge is 0.0778 e. The summed E-state index contributed by atoms with van der Waals surface area (Å²) >= 11 is 0. The van der Waals surface area contributed by atoms with Crippen molar-refractivity contribution in [2.45, 2.75) is 53.2 Å². The molecule has 0 aromatic heterocycles. The van der Waals surface area contributed by atoms with Crippen LogP contribution in [-0.2, 0) is 4.74 Å². The predicted octanol–water partition coefficient (Wildman–Crippen LogP) is 2.99. The molecular weight excluding hydrogens is 186 g/mol. The van der Waals surface area contributed by atoms with Gasteiger partial charge in [-0.25, -0.2) is 0 Å². The quantitative estimate of drug-likeness (QED) is 0.656. The highest BCUT2D eigenvalue weighted by atomic mass is 16.5. The lowest BCUT2D eigenvalue weighted by Crippen LogP contribution is -2.48. The molecule has 0 aromatic carbocycles. The van der Waals surface area contributed by atoms with Gasteiger partial charge in [0, 0.05) is 12.6 Å². The standard InChI is InChI=1S/C13H27NO/c1-7-10-11(14-8-2)12(15-9-3)13(4,5)6/h7,11-12,14H,1,8-10H2,2-6H3. The van der Waals surface area contributed by atoms with Crippen molar-refractivity contribution in [1.29, 1.82) is 0 Å². The van der Waals surface area contributed by atoms with Gasteiger partial charge in [-0.1, -0.05) is 33.8 Å². The van der Waals surface area contributed by atoms with E-state index in [-0.39, 0.29) is 11.5 Å². The predicted molar refractivity (Wildman–Crippen MR) is 67.1 cm³/mol. The van der Waals surface area contributed by atoms with Crippen molar-refractivity contribution in [3.63, 3.8) is 0 Å². The van der Waals surface area contributed by atoms with Crippen molar-refractivity contribution in [3.8, 4) is 0 Å². The second kappa shape index (κ2) is 7.02. The molecule has 2 atom stereocenters. The number of hydrogen-bond acceptors (Lipinski definition) is 2. The summed E-state index contributed by atoms with van der Waals surface area (Å²) in [5, 5.41) is 3.48. The molecule has 0 spiro atoms. The summed E-state index contributed by atoms with van der Waals surface area (Å²) in [7, 11) is 0. The van der Waals surface area contributed by atoms with Crippen LogP contribution in [0.2, 0.25) is 0 Å². The summed E-state index contributed by atoms with van der Waals surface area (Å²) in [6.45, 7) is 16.4. The average Bonchev–Trinajstić information content (AvgIpc) is 2.12. The van der Waals surface area contributed by atoms with E-state index in [2.05, 4.69) is 46.5 Å². The molecule has 0 amide bonds. The zero-order valence-corrected chi connectivity index (χ0v) is 11.0. The van der Waals surface area contributed by atoms with E-state index in [1.807, 2.05) is 6.08 Å². The summed E-state index contributed by atoms with van der Waals surface area (Å²) in [6, 6.07) is 0.368. The third kappa shape index (κ3) is 5.33. The summed E-state index contributed by atoms with van der Waals surface area (Å²) in [6.07, 6.45) is 3.15. The lowest BCUT2D eigenvalue weighted by molar-refractivity contribution is -0.0346. The minimum atomic E-state index is 0.159. The van der Waals surface area contributed by atoms with Crippen LogP contribution in [0.1, 0.15) is 41.0 Å². The molecular formula is C13H27NO. The molecule has 0 rings (SSSR count). The number of rotatable bonds is 7. The molecule has 0 saturated carbocycles. The lowest BCUT2D eigenvalue weighted by Gasteiger charge is -2.36. The van der Waals surface area contributed by atoms with Crippen molar-refractivity contribution in [3.05, 3.63) is 12.7 Å². The molecule has 0 radical (unpaired) electrons. The third-order valence-electron chi connectivity index (χ3n) is 2.45. The van der Waals surface area contributed by atoms with E-state index in [9.17, 15) is 0 Å². The fourth-order valence-corrected chi connectivity index (χ4v) is 1.90. The van der Waals surface area contributed by atoms with E-state index in [1.165, 1.54) is 0 Å². The Labute approximate surface area is 95.1 Å². The Morgan fingerprint density at radius 2 is 1.93 bits per heavy atom. The third-order valence-corrected chi connectivity index (χ3v) is 2.45. The Hall–Kier alpha value is -0.340. The van der Waals surface area contributed by atoms with Crippen LogP contribution >= 0.6 is 0 Å². The zero-order chi connectivity index (χ0) is 11.9. The second-order valence-electron chi connectivity index (χ2n) is 4.93. The maximum atomic E-state index is 5.86. The van der Waals surface area contributed by atoms with Crippen molar-refractivity contribution in [2.75, 3.05) is 13.2 Å². The van der Waals surface area contributed by atoms with Gasteiger partial charge in [-0.15, -0.1) is 6.58 Å². The van der Waals surface area contributed by atoms with Crippen LogP contribution in [0.4, 0.5) is 0 Å². The molecule has 0 aliphatic heterocycles. The number of hydrogen-bond donors (Lipinski definition) is 1. The molecule has 0 bridgehead atoms. The largest absolute Gasteiger partial charge is 0.376 e. The monoisotopic (exact) mass is 213 g/mol. The first-order chi connectivity index (χ1) is 6.97. The van der Waals surface area contributed by atoms with Gasteiger partial charge in [-0.3, -0.25) is 0 Å². The molecule has 2 unspecified atom stereocenters. The maximum absolute atomic E-state index is 5.86. The van der Waals surface area contributed by atoms with Crippen LogP contribution in [0.3, 0.4) is 0 Å². The Kier molecular flexibility index (Phi) is 6.86. The molecule has 90 valence electrons. The Bertz CT molecular complexity index is 172. The highest BCUT2D eigenvalue weighted by Gasteiger charge is 2.31. The first-order valence-corrected chi connectivity index (χ1v) is 5.93. The molecule has 0 aliphatic carbocycles. The van der Waals surface area contributed by atoms with Gasteiger partial charge in [0.1, 0.15) is 0 Å².